The van der Waals surface area contributed by atoms with Crippen LogP contribution in [-0.4, -0.2) is 68.3 Å². The minimum absolute atomic E-state index is 0.00747. The quantitative estimate of drug-likeness (QED) is 0.0840. The second-order valence-corrected chi connectivity index (χ2v) is 14.0. The fourth-order valence-electron chi connectivity index (χ4n) is 5.34. The van der Waals surface area contributed by atoms with Crippen molar-refractivity contribution in [2.45, 2.75) is 38.4 Å². The molecule has 1 aliphatic rings. The van der Waals surface area contributed by atoms with Crippen LogP contribution in [0.1, 0.15) is 42.6 Å². The van der Waals surface area contributed by atoms with Gasteiger partial charge in [0.1, 0.15) is 5.82 Å². The van der Waals surface area contributed by atoms with Crippen LogP contribution >= 0.6 is 11.6 Å². The molecule has 5 aromatic rings. The van der Waals surface area contributed by atoms with E-state index >= 15 is 0 Å². The largest absolute Gasteiger partial charge is 0.454 e. The number of amides is 3. The summed E-state index contributed by atoms with van der Waals surface area (Å²) in [6.07, 6.45) is -1.64. The van der Waals surface area contributed by atoms with Gasteiger partial charge in [0.2, 0.25) is 11.9 Å². The molecular weight excluding hydrogens is 741 g/mol. The summed E-state index contributed by atoms with van der Waals surface area (Å²) in [5.74, 6) is -1.87. The summed E-state index contributed by atoms with van der Waals surface area (Å²) >= 11 is 6.04. The van der Waals surface area contributed by atoms with Crippen LogP contribution in [0.4, 0.5) is 36.6 Å². The lowest BCUT2D eigenvalue weighted by molar-refractivity contribution is -0.154. The van der Waals surface area contributed by atoms with Crippen molar-refractivity contribution in [1.82, 2.24) is 35.4 Å². The third kappa shape index (κ3) is 10.5. The van der Waals surface area contributed by atoms with Crippen LogP contribution in [0.5, 0.6) is 6.01 Å². The first-order valence-electron chi connectivity index (χ1n) is 17.0. The molecule has 14 nitrogen and oxygen atoms in total. The Labute approximate surface area is 318 Å². The molecule has 1 fully saturated rings. The zero-order valence-electron chi connectivity index (χ0n) is 29.6. The van der Waals surface area contributed by atoms with E-state index in [2.05, 4.69) is 46.6 Å². The number of anilines is 4. The average molecular weight is 777 g/mol. The number of carbonyl (C=O) groups excluding carboxylic acids is 3. The smallest absolute Gasteiger partial charge is 0.422 e. The van der Waals surface area contributed by atoms with Crippen LogP contribution in [0.15, 0.2) is 91.1 Å². The zero-order chi connectivity index (χ0) is 39.2. The van der Waals surface area contributed by atoms with E-state index in [9.17, 15) is 27.6 Å². The van der Waals surface area contributed by atoms with E-state index in [0.717, 1.165) is 18.4 Å². The highest BCUT2D eigenvalue weighted by Gasteiger charge is 2.45. The number of aromatic nitrogens is 5. The van der Waals surface area contributed by atoms with E-state index < -0.39 is 47.5 Å². The number of nitrogens with one attached hydrogen (secondary N) is 5. The lowest BCUT2D eigenvalue weighted by atomic mass is 9.93. The van der Waals surface area contributed by atoms with E-state index in [4.69, 9.17) is 16.3 Å². The number of hydrogen-bond acceptors (Lipinski definition) is 10. The lowest BCUT2D eigenvalue weighted by Gasteiger charge is -2.25. The van der Waals surface area contributed by atoms with Gasteiger partial charge in [-0.1, -0.05) is 55.8 Å². The number of ether oxygens (including phenoxy) is 1. The van der Waals surface area contributed by atoms with E-state index in [1.54, 1.807) is 30.3 Å². The van der Waals surface area contributed by atoms with Gasteiger partial charge in [-0.25, -0.2) is 4.68 Å². The standard InChI is InChI=1S/C37H36ClF3N10O4/c1-35(2,21-43-30(53)31(54)46-28-16-19-44-51(28)27-6-4-3-5-7-27)20-42-29(52)23-8-14-26(15-9-23)45-32-47-33(49-34(48-32)55-22-37(39,40)41)50-36(17-18-36)24-10-12-25(38)13-11-24/h3-16,19H,17-18,20-22H2,1-2H3,(H,42,52)(H,43,53)(H,46,54)(H2,45,47,48,49,50). The topological polar surface area (TPSA) is 177 Å². The van der Waals surface area contributed by atoms with Gasteiger partial charge in [0.05, 0.1) is 17.4 Å². The van der Waals surface area contributed by atoms with Gasteiger partial charge in [-0.3, -0.25) is 14.4 Å². The summed E-state index contributed by atoms with van der Waals surface area (Å²) in [4.78, 5) is 50.7. The van der Waals surface area contributed by atoms with Gasteiger partial charge in [0, 0.05) is 35.4 Å². The number of alkyl halides is 3. The Morgan fingerprint density at radius 3 is 2.18 bits per heavy atom. The minimum atomic E-state index is -4.61. The molecule has 0 radical (unpaired) electrons. The van der Waals surface area contributed by atoms with Gasteiger partial charge < -0.3 is 31.3 Å². The van der Waals surface area contributed by atoms with E-state index in [0.29, 0.717) is 27.8 Å². The maximum atomic E-state index is 13.0. The predicted octanol–water partition coefficient (Wildman–Crippen LogP) is 6.01. The van der Waals surface area contributed by atoms with Gasteiger partial charge in [-0.05, 0) is 72.4 Å². The molecule has 55 heavy (non-hydrogen) atoms. The second-order valence-electron chi connectivity index (χ2n) is 13.5. The molecule has 5 N–H and O–H groups in total. The Kier molecular flexibility index (Phi) is 11.2. The van der Waals surface area contributed by atoms with Crippen molar-refractivity contribution < 1.29 is 32.3 Å². The summed E-state index contributed by atoms with van der Waals surface area (Å²) in [5, 5.41) is 18.9. The van der Waals surface area contributed by atoms with Crippen molar-refractivity contribution in [3.8, 4) is 11.7 Å². The summed E-state index contributed by atoms with van der Waals surface area (Å²) in [6, 6.07) is 23.6. The number of hydrogen-bond donors (Lipinski definition) is 5. The number of benzene rings is 3. The number of carbonyl (C=O) groups is 3. The van der Waals surface area contributed by atoms with Crippen molar-refractivity contribution >= 4 is 52.7 Å². The number of para-hydroxylation sites is 1. The maximum Gasteiger partial charge on any atom is 0.422 e. The molecule has 1 saturated carbocycles. The van der Waals surface area contributed by atoms with Crippen LogP contribution in [0.25, 0.3) is 5.69 Å². The summed E-state index contributed by atoms with van der Waals surface area (Å²) < 4.78 is 45.2. The monoisotopic (exact) mass is 776 g/mol. The van der Waals surface area contributed by atoms with E-state index in [-0.39, 0.29) is 25.0 Å². The van der Waals surface area contributed by atoms with Crippen molar-refractivity contribution in [3.05, 3.63) is 107 Å². The highest BCUT2D eigenvalue weighted by molar-refractivity contribution is 6.39. The normalized spacial score (nSPS) is 13.3. The highest BCUT2D eigenvalue weighted by atomic mass is 35.5. The molecule has 0 spiro atoms. The molecule has 0 aliphatic heterocycles. The first-order chi connectivity index (χ1) is 26.2. The van der Waals surface area contributed by atoms with Crippen LogP contribution in [0, 0.1) is 5.41 Å². The SMILES string of the molecule is CC(C)(CNC(=O)C(=O)Nc1ccnn1-c1ccccc1)CNC(=O)c1ccc(Nc2nc(NC3(c4ccc(Cl)cc4)CC3)nc(OCC(F)(F)F)n2)cc1. The zero-order valence-corrected chi connectivity index (χ0v) is 30.3. The molecule has 2 heterocycles. The minimum Gasteiger partial charge on any atom is -0.454 e. The predicted molar refractivity (Wildman–Crippen MR) is 198 cm³/mol. The van der Waals surface area contributed by atoms with Gasteiger partial charge in [-0.2, -0.15) is 33.2 Å². The molecule has 0 saturated heterocycles. The molecule has 1 aliphatic carbocycles. The Balaban J connectivity index is 1.03. The molecule has 18 heteroatoms. The Hall–Kier alpha value is -6.23. The summed E-state index contributed by atoms with van der Waals surface area (Å²) in [5.41, 5.74) is 1.20. The van der Waals surface area contributed by atoms with Crippen molar-refractivity contribution in [1.29, 1.82) is 0 Å². The fourth-order valence-corrected chi connectivity index (χ4v) is 5.46. The lowest BCUT2D eigenvalue weighted by Crippen LogP contribution is -2.45. The molecule has 3 amide bonds. The molecule has 3 aromatic carbocycles. The molecular formula is C37H36ClF3N10O4. The summed E-state index contributed by atoms with van der Waals surface area (Å²) in [6.45, 7) is 2.27. The van der Waals surface area contributed by atoms with E-state index in [1.807, 2.05) is 56.3 Å². The van der Waals surface area contributed by atoms with Crippen LogP contribution in [-0.2, 0) is 15.1 Å². The maximum absolute atomic E-state index is 13.0. The number of nitrogens with zero attached hydrogens (tertiary/aromatic N) is 5. The van der Waals surface area contributed by atoms with Crippen molar-refractivity contribution in [2.24, 2.45) is 5.41 Å². The second kappa shape index (κ2) is 16.0. The third-order valence-electron chi connectivity index (χ3n) is 8.43. The molecule has 0 unspecified atom stereocenters. The average Bonchev–Trinajstić information content (AvgIpc) is 3.79. The van der Waals surface area contributed by atoms with Gasteiger partial charge >= 0.3 is 24.0 Å². The number of halogens is 4. The number of rotatable bonds is 14. The molecule has 0 atom stereocenters. The van der Waals surface area contributed by atoms with Crippen molar-refractivity contribution in [2.75, 3.05) is 35.6 Å². The highest BCUT2D eigenvalue weighted by Crippen LogP contribution is 2.48. The fraction of sp³-hybridized carbons (Fsp3) is 0.270. The van der Waals surface area contributed by atoms with Crippen LogP contribution in [0.2, 0.25) is 5.02 Å². The van der Waals surface area contributed by atoms with Gasteiger partial charge in [-0.15, -0.1) is 0 Å². The molecule has 0 bridgehead atoms. The molecule has 2 aromatic heterocycles. The first kappa shape index (κ1) is 38.5. The van der Waals surface area contributed by atoms with Gasteiger partial charge in [0.15, 0.2) is 6.61 Å². The van der Waals surface area contributed by atoms with Crippen LogP contribution in [0.3, 0.4) is 0 Å². The van der Waals surface area contributed by atoms with Crippen molar-refractivity contribution in [3.63, 3.8) is 0 Å². The van der Waals surface area contributed by atoms with Crippen LogP contribution < -0.4 is 31.3 Å². The van der Waals surface area contributed by atoms with E-state index in [1.165, 1.54) is 23.0 Å². The Morgan fingerprint density at radius 1 is 0.836 bits per heavy atom. The third-order valence-corrected chi connectivity index (χ3v) is 8.68. The molecule has 6 rings (SSSR count). The molecule has 286 valence electrons. The first-order valence-corrected chi connectivity index (χ1v) is 17.4. The Bertz CT molecular complexity index is 2140. The van der Waals surface area contributed by atoms with Gasteiger partial charge in [0.25, 0.3) is 5.91 Å². The summed E-state index contributed by atoms with van der Waals surface area (Å²) in [7, 11) is 0. The Morgan fingerprint density at radius 2 is 1.51 bits per heavy atom.